The maximum absolute atomic E-state index is 12.0. The second kappa shape index (κ2) is 15.4. The summed E-state index contributed by atoms with van der Waals surface area (Å²) in [6, 6.07) is 0. The molecular weight excluding hydrogens is 572 g/mol. The summed E-state index contributed by atoms with van der Waals surface area (Å²) in [7, 11) is 0. The lowest BCUT2D eigenvalue weighted by atomic mass is 9.98. The van der Waals surface area contributed by atoms with Gasteiger partial charge >= 0.3 is 41.8 Å². The molecule has 0 aliphatic carbocycles. The van der Waals surface area contributed by atoms with Crippen LogP contribution >= 0.6 is 0 Å². The lowest BCUT2D eigenvalue weighted by molar-refractivity contribution is -0.319. The Morgan fingerprint density at radius 1 is 0.500 bits per heavy atom. The molecule has 2 saturated heterocycles. The van der Waals surface area contributed by atoms with Gasteiger partial charge in [0, 0.05) is 48.5 Å². The van der Waals surface area contributed by atoms with E-state index in [0.717, 1.165) is 48.5 Å². The van der Waals surface area contributed by atoms with Crippen LogP contribution in [0.15, 0.2) is 0 Å². The Labute approximate surface area is 240 Å². The molecule has 0 spiro atoms. The number of ether oxygens (including phenoxy) is 10. The average Bonchev–Trinajstić information content (AvgIpc) is 2.82. The van der Waals surface area contributed by atoms with E-state index in [4.69, 9.17) is 47.4 Å². The highest BCUT2D eigenvalue weighted by Gasteiger charge is 2.54. The summed E-state index contributed by atoms with van der Waals surface area (Å²) in [6.07, 6.45) is -13.0. The van der Waals surface area contributed by atoms with Crippen LogP contribution in [0.25, 0.3) is 0 Å². The topological polar surface area (TPSA) is 212 Å². The third-order valence-corrected chi connectivity index (χ3v) is 5.51. The Hall–Kier alpha value is -3.83. The van der Waals surface area contributed by atoms with Gasteiger partial charge < -0.3 is 47.4 Å². The zero-order valence-electron chi connectivity index (χ0n) is 24.1. The van der Waals surface area contributed by atoms with Gasteiger partial charge in [0.2, 0.25) is 12.4 Å². The fourth-order valence-corrected chi connectivity index (χ4v) is 4.29. The molecule has 2 rings (SSSR count). The molecule has 0 amide bonds. The number of hydrogen-bond donors (Lipinski definition) is 0. The van der Waals surface area contributed by atoms with Crippen LogP contribution in [0.2, 0.25) is 0 Å². The lowest BCUT2D eigenvalue weighted by Gasteiger charge is -2.44. The quantitative estimate of drug-likeness (QED) is 0.221. The molecule has 0 aromatic heterocycles. The molecule has 2 fully saturated rings. The monoisotopic (exact) mass is 606 g/mol. The third-order valence-electron chi connectivity index (χ3n) is 5.51. The maximum Gasteiger partial charge on any atom is 0.305 e. The van der Waals surface area contributed by atoms with Crippen molar-refractivity contribution < 1.29 is 80.9 Å². The van der Waals surface area contributed by atoms with Crippen molar-refractivity contribution in [3.05, 3.63) is 0 Å². The van der Waals surface area contributed by atoms with E-state index in [9.17, 15) is 33.6 Å². The Morgan fingerprint density at radius 3 is 1.38 bits per heavy atom. The number of hydrogen-bond acceptors (Lipinski definition) is 17. The first-order valence-electron chi connectivity index (χ1n) is 12.7. The van der Waals surface area contributed by atoms with Gasteiger partial charge in [0.25, 0.3) is 0 Å². The van der Waals surface area contributed by atoms with Crippen molar-refractivity contribution in [2.24, 2.45) is 0 Å². The van der Waals surface area contributed by atoms with E-state index in [-0.39, 0.29) is 6.61 Å². The number of esters is 7. The molecule has 0 N–H and O–H groups in total. The summed E-state index contributed by atoms with van der Waals surface area (Å²) in [6.45, 7) is 6.56. The van der Waals surface area contributed by atoms with Crippen molar-refractivity contribution in [2.75, 3.05) is 13.2 Å². The van der Waals surface area contributed by atoms with Gasteiger partial charge in [0.1, 0.15) is 6.10 Å². The van der Waals surface area contributed by atoms with Crippen molar-refractivity contribution >= 4 is 41.8 Å². The van der Waals surface area contributed by atoms with Gasteiger partial charge in [-0.05, 0) is 0 Å². The molecule has 0 unspecified atom stereocenters. The Morgan fingerprint density at radius 2 is 0.905 bits per heavy atom. The largest absolute Gasteiger partial charge is 0.456 e. The third kappa shape index (κ3) is 10.2. The molecule has 2 aliphatic heterocycles. The molecule has 9 atom stereocenters. The van der Waals surface area contributed by atoms with Gasteiger partial charge in [0.15, 0.2) is 36.8 Å². The fraction of sp³-hybridized carbons (Fsp3) is 0.720. The summed E-state index contributed by atoms with van der Waals surface area (Å²) >= 11 is 0. The van der Waals surface area contributed by atoms with Crippen molar-refractivity contribution in [2.45, 2.75) is 104 Å². The van der Waals surface area contributed by atoms with Crippen molar-refractivity contribution in [3.8, 4) is 0 Å². The first kappa shape index (κ1) is 34.4. The second-order valence-corrected chi connectivity index (χ2v) is 9.21. The van der Waals surface area contributed by atoms with E-state index in [1.807, 2.05) is 0 Å². The van der Waals surface area contributed by atoms with E-state index in [1.165, 1.54) is 0 Å². The first-order chi connectivity index (χ1) is 19.6. The molecule has 0 aromatic carbocycles. The van der Waals surface area contributed by atoms with Gasteiger partial charge in [-0.1, -0.05) is 0 Å². The van der Waals surface area contributed by atoms with Crippen molar-refractivity contribution in [3.63, 3.8) is 0 Å². The van der Waals surface area contributed by atoms with Gasteiger partial charge in [0.05, 0.1) is 13.2 Å². The molecule has 17 nitrogen and oxygen atoms in total. The van der Waals surface area contributed by atoms with Crippen LogP contribution in [0.1, 0.15) is 48.5 Å². The molecule has 236 valence electrons. The van der Waals surface area contributed by atoms with Gasteiger partial charge in [-0.2, -0.15) is 0 Å². The minimum Gasteiger partial charge on any atom is -0.456 e. The van der Waals surface area contributed by atoms with Crippen LogP contribution < -0.4 is 0 Å². The highest BCUT2D eigenvalue weighted by molar-refractivity contribution is 5.70. The summed E-state index contributed by atoms with van der Waals surface area (Å²) in [5, 5.41) is 0. The Kier molecular flexibility index (Phi) is 12.6. The number of rotatable bonds is 10. The van der Waals surface area contributed by atoms with E-state index < -0.39 is 104 Å². The van der Waals surface area contributed by atoms with Crippen LogP contribution in [-0.2, 0) is 80.9 Å². The fourth-order valence-electron chi connectivity index (χ4n) is 4.29. The molecule has 0 saturated carbocycles. The lowest BCUT2D eigenvalue weighted by Crippen LogP contribution is -2.64. The molecule has 0 bridgehead atoms. The standard InChI is InChI=1S/C25H34O17/c1-10(26)35-17-8-33-24(22(39-14(5)30)20(17)37-12(3)28)34-9-18-19(36-11(2)27)21(38-13(4)29)23(40-15(6)31)25(42-18)41-16(7)32/h17-25H,8-9H2,1-7H3/t17-,18-,19-,20+,21+,22-,23-,24+,25-/m1/s1. The molecular formula is C25H34O17. The average molecular weight is 607 g/mol. The summed E-state index contributed by atoms with van der Waals surface area (Å²) in [5.74, 6) is -5.74. The van der Waals surface area contributed by atoms with Crippen molar-refractivity contribution in [1.82, 2.24) is 0 Å². The van der Waals surface area contributed by atoms with Crippen LogP contribution in [0.4, 0.5) is 0 Å². The molecule has 42 heavy (non-hydrogen) atoms. The van der Waals surface area contributed by atoms with Crippen LogP contribution in [-0.4, -0.2) is 110 Å². The number of carbonyl (C=O) groups is 7. The van der Waals surface area contributed by atoms with E-state index in [0.29, 0.717) is 0 Å². The molecule has 0 radical (unpaired) electrons. The SMILES string of the molecule is CC(=O)O[C@@H]1O[C@H](CO[C@@H]2OC[C@@H](OC(C)=O)[C@H](OC(C)=O)[C@H]2OC(C)=O)[C@@H](OC(C)=O)[C@H](OC(C)=O)[C@H]1OC(C)=O. The van der Waals surface area contributed by atoms with Crippen LogP contribution in [0, 0.1) is 0 Å². The zero-order chi connectivity index (χ0) is 31.7. The molecule has 0 aromatic rings. The highest BCUT2D eigenvalue weighted by Crippen LogP contribution is 2.31. The predicted molar refractivity (Wildman–Crippen MR) is 129 cm³/mol. The van der Waals surface area contributed by atoms with E-state index in [2.05, 4.69) is 0 Å². The minimum atomic E-state index is -1.64. The molecule has 17 heteroatoms. The summed E-state index contributed by atoms with van der Waals surface area (Å²) < 4.78 is 53.9. The van der Waals surface area contributed by atoms with Gasteiger partial charge in [-0.15, -0.1) is 0 Å². The summed E-state index contributed by atoms with van der Waals surface area (Å²) in [4.78, 5) is 82.9. The maximum atomic E-state index is 12.0. The van der Waals surface area contributed by atoms with Crippen molar-refractivity contribution in [1.29, 1.82) is 0 Å². The predicted octanol–water partition coefficient (Wildman–Crippen LogP) is -0.762. The first-order valence-corrected chi connectivity index (χ1v) is 12.7. The van der Waals surface area contributed by atoms with Gasteiger partial charge in [-0.25, -0.2) is 0 Å². The minimum absolute atomic E-state index is 0.348. The smallest absolute Gasteiger partial charge is 0.305 e. The Bertz CT molecular complexity index is 1040. The highest BCUT2D eigenvalue weighted by atomic mass is 16.8. The Balaban J connectivity index is 2.42. The molecule has 2 heterocycles. The van der Waals surface area contributed by atoms with E-state index >= 15 is 0 Å². The molecule has 2 aliphatic rings. The summed E-state index contributed by atoms with van der Waals surface area (Å²) in [5.41, 5.74) is 0. The zero-order valence-corrected chi connectivity index (χ0v) is 24.1. The van der Waals surface area contributed by atoms with Crippen LogP contribution in [0.5, 0.6) is 0 Å². The van der Waals surface area contributed by atoms with Gasteiger partial charge in [-0.3, -0.25) is 33.6 Å². The van der Waals surface area contributed by atoms with E-state index in [1.54, 1.807) is 0 Å². The second-order valence-electron chi connectivity index (χ2n) is 9.21. The normalized spacial score (nSPS) is 30.6. The number of carbonyl (C=O) groups excluding carboxylic acids is 7. The van der Waals surface area contributed by atoms with Crippen LogP contribution in [0.3, 0.4) is 0 Å².